The number of ether oxygens (including phenoxy) is 1. The van der Waals surface area contributed by atoms with Crippen LogP contribution < -0.4 is 5.32 Å². The molecule has 0 saturated heterocycles. The summed E-state index contributed by atoms with van der Waals surface area (Å²) in [6, 6.07) is 1.83. The van der Waals surface area contributed by atoms with Crippen LogP contribution in [0.1, 0.15) is 35.9 Å². The molecule has 8 nitrogen and oxygen atoms in total. The first-order chi connectivity index (χ1) is 9.92. The zero-order valence-electron chi connectivity index (χ0n) is 12.4. The summed E-state index contributed by atoms with van der Waals surface area (Å²) in [5.41, 5.74) is 1.59. The molecule has 0 spiro atoms. The van der Waals surface area contributed by atoms with Crippen LogP contribution in [-0.4, -0.2) is 44.1 Å². The Kier molecular flexibility index (Phi) is 4.15. The minimum atomic E-state index is -0.903. The minimum Gasteiger partial charge on any atom is -0.447 e. The molecular formula is C13H17N5O3. The highest BCUT2D eigenvalue weighted by atomic mass is 16.5. The molecule has 1 amide bonds. The number of fused-ring (bicyclic) bond motifs is 1. The van der Waals surface area contributed by atoms with E-state index in [2.05, 4.69) is 20.4 Å². The first-order valence-electron chi connectivity index (χ1n) is 6.62. The fraction of sp³-hybridized carbons (Fsp3) is 0.462. The highest BCUT2D eigenvalue weighted by Gasteiger charge is 2.22. The number of likely N-dealkylation sites (N-methyl/N-ethyl adjacent to an activating group) is 1. The summed E-state index contributed by atoms with van der Waals surface area (Å²) < 4.78 is 6.49. The molecule has 112 valence electrons. The lowest BCUT2D eigenvalue weighted by Gasteiger charge is -2.10. The first kappa shape index (κ1) is 14.9. The average molecular weight is 291 g/mol. The van der Waals surface area contributed by atoms with Gasteiger partial charge in [-0.1, -0.05) is 0 Å². The number of esters is 1. The second kappa shape index (κ2) is 5.86. The van der Waals surface area contributed by atoms with E-state index >= 15 is 0 Å². The zero-order chi connectivity index (χ0) is 15.6. The molecule has 0 fully saturated rings. The van der Waals surface area contributed by atoms with Crippen LogP contribution in [-0.2, 0) is 9.53 Å². The Balaban J connectivity index is 2.20. The highest BCUT2D eigenvalue weighted by molar-refractivity contribution is 5.89. The molecule has 0 aliphatic carbocycles. The molecule has 0 bridgehead atoms. The number of carbonyl (C=O) groups is 2. The Bertz CT molecular complexity index is 694. The summed E-state index contributed by atoms with van der Waals surface area (Å²) in [6.45, 7) is 7.41. The summed E-state index contributed by atoms with van der Waals surface area (Å²) in [5, 5.41) is 6.62. The van der Waals surface area contributed by atoms with Gasteiger partial charge in [-0.25, -0.2) is 14.3 Å². The lowest BCUT2D eigenvalue weighted by molar-refractivity contribution is -0.129. The van der Waals surface area contributed by atoms with E-state index < -0.39 is 12.1 Å². The van der Waals surface area contributed by atoms with E-state index in [0.717, 1.165) is 11.4 Å². The van der Waals surface area contributed by atoms with Gasteiger partial charge in [-0.3, -0.25) is 4.79 Å². The standard InChI is InChI=1S/C13H17N5O3/c1-5-14-11(19)9(4)21-12(20)10-16-13-15-7(2)6-8(3)18(13)17-10/h6,9H,5H2,1-4H3,(H,14,19)/t9-/m1/s1. The molecule has 0 saturated carbocycles. The second-order valence-corrected chi connectivity index (χ2v) is 4.63. The largest absolute Gasteiger partial charge is 0.447 e. The summed E-state index contributed by atoms with van der Waals surface area (Å²) in [4.78, 5) is 31.7. The van der Waals surface area contributed by atoms with Gasteiger partial charge in [0, 0.05) is 17.9 Å². The number of aromatic nitrogens is 4. The van der Waals surface area contributed by atoms with Gasteiger partial charge in [0.25, 0.3) is 17.5 Å². The SMILES string of the molecule is CCNC(=O)[C@@H](C)OC(=O)c1nc2nc(C)cc(C)n2n1. The summed E-state index contributed by atoms with van der Waals surface area (Å²) in [7, 11) is 0. The smallest absolute Gasteiger partial charge is 0.379 e. The van der Waals surface area contributed by atoms with E-state index in [9.17, 15) is 9.59 Å². The van der Waals surface area contributed by atoms with Crippen molar-refractivity contribution in [2.75, 3.05) is 6.54 Å². The molecule has 0 unspecified atom stereocenters. The van der Waals surface area contributed by atoms with Gasteiger partial charge < -0.3 is 10.1 Å². The molecule has 21 heavy (non-hydrogen) atoms. The van der Waals surface area contributed by atoms with Gasteiger partial charge >= 0.3 is 5.97 Å². The Labute approximate surface area is 121 Å². The quantitative estimate of drug-likeness (QED) is 0.820. The molecular weight excluding hydrogens is 274 g/mol. The lowest BCUT2D eigenvalue weighted by Crippen LogP contribution is -2.35. The number of carbonyl (C=O) groups excluding carboxylic acids is 2. The van der Waals surface area contributed by atoms with E-state index in [4.69, 9.17) is 4.74 Å². The Morgan fingerprint density at radius 1 is 1.38 bits per heavy atom. The van der Waals surface area contributed by atoms with Gasteiger partial charge in [-0.05, 0) is 33.8 Å². The van der Waals surface area contributed by atoms with Crippen molar-refractivity contribution in [3.63, 3.8) is 0 Å². The van der Waals surface area contributed by atoms with E-state index in [1.165, 1.54) is 11.4 Å². The topological polar surface area (TPSA) is 98.5 Å². The van der Waals surface area contributed by atoms with Crippen molar-refractivity contribution >= 4 is 17.7 Å². The van der Waals surface area contributed by atoms with Crippen LogP contribution in [0.5, 0.6) is 0 Å². The average Bonchev–Trinajstić information content (AvgIpc) is 2.83. The van der Waals surface area contributed by atoms with Crippen molar-refractivity contribution in [3.05, 3.63) is 23.3 Å². The molecule has 0 aliphatic rings. The van der Waals surface area contributed by atoms with Gasteiger partial charge in [0.15, 0.2) is 6.10 Å². The molecule has 8 heteroatoms. The van der Waals surface area contributed by atoms with Gasteiger partial charge in [0.1, 0.15) is 0 Å². The maximum absolute atomic E-state index is 12.0. The number of hydrogen-bond acceptors (Lipinski definition) is 6. The van der Waals surface area contributed by atoms with E-state index in [-0.39, 0.29) is 11.7 Å². The van der Waals surface area contributed by atoms with E-state index in [1.54, 1.807) is 6.92 Å². The molecule has 0 aliphatic heterocycles. The number of rotatable bonds is 4. The van der Waals surface area contributed by atoms with Crippen LogP contribution in [0.2, 0.25) is 0 Å². The van der Waals surface area contributed by atoms with Crippen molar-refractivity contribution in [2.45, 2.75) is 33.8 Å². The monoisotopic (exact) mass is 291 g/mol. The zero-order valence-corrected chi connectivity index (χ0v) is 12.4. The van der Waals surface area contributed by atoms with Crippen LogP contribution in [0.3, 0.4) is 0 Å². The van der Waals surface area contributed by atoms with E-state index in [1.807, 2.05) is 19.9 Å². The number of aryl methyl sites for hydroxylation is 2. The third-order valence-corrected chi connectivity index (χ3v) is 2.80. The summed E-state index contributed by atoms with van der Waals surface area (Å²) in [6.07, 6.45) is -0.903. The minimum absolute atomic E-state index is 0.118. The van der Waals surface area contributed by atoms with Crippen molar-refractivity contribution in [1.29, 1.82) is 0 Å². The predicted molar refractivity (Wildman–Crippen MR) is 73.8 cm³/mol. The van der Waals surface area contributed by atoms with Crippen LogP contribution >= 0.6 is 0 Å². The number of hydrogen-bond donors (Lipinski definition) is 1. The van der Waals surface area contributed by atoms with Gasteiger partial charge in [-0.2, -0.15) is 4.98 Å². The Hall–Kier alpha value is -2.51. The fourth-order valence-electron chi connectivity index (χ4n) is 1.84. The number of nitrogens with zero attached hydrogens (tertiary/aromatic N) is 4. The van der Waals surface area contributed by atoms with Crippen LogP contribution in [0, 0.1) is 13.8 Å². The molecule has 2 aromatic heterocycles. The molecule has 0 aromatic carbocycles. The molecule has 1 N–H and O–H groups in total. The van der Waals surface area contributed by atoms with Crippen LogP contribution in [0.15, 0.2) is 6.07 Å². The maximum Gasteiger partial charge on any atom is 0.379 e. The third kappa shape index (κ3) is 3.15. The molecule has 2 rings (SSSR count). The van der Waals surface area contributed by atoms with Crippen LogP contribution in [0.4, 0.5) is 0 Å². The first-order valence-corrected chi connectivity index (χ1v) is 6.62. The molecule has 0 radical (unpaired) electrons. The molecule has 2 heterocycles. The Morgan fingerprint density at radius 3 is 2.76 bits per heavy atom. The number of nitrogens with one attached hydrogen (secondary N) is 1. The molecule has 2 aromatic rings. The molecule has 1 atom stereocenters. The maximum atomic E-state index is 12.0. The van der Waals surface area contributed by atoms with Gasteiger partial charge in [-0.15, -0.1) is 5.10 Å². The van der Waals surface area contributed by atoms with Gasteiger partial charge in [0.2, 0.25) is 0 Å². The predicted octanol–water partition coefficient (Wildman–Crippen LogP) is 0.423. The fourth-order valence-corrected chi connectivity index (χ4v) is 1.84. The van der Waals surface area contributed by atoms with Crippen molar-refractivity contribution in [3.8, 4) is 0 Å². The second-order valence-electron chi connectivity index (χ2n) is 4.63. The Morgan fingerprint density at radius 2 is 2.10 bits per heavy atom. The van der Waals surface area contributed by atoms with Crippen molar-refractivity contribution in [2.24, 2.45) is 0 Å². The normalized spacial score (nSPS) is 12.2. The number of amides is 1. The third-order valence-electron chi connectivity index (χ3n) is 2.80. The summed E-state index contributed by atoms with van der Waals surface area (Å²) >= 11 is 0. The van der Waals surface area contributed by atoms with Crippen molar-refractivity contribution in [1.82, 2.24) is 24.9 Å². The highest BCUT2D eigenvalue weighted by Crippen LogP contribution is 2.07. The van der Waals surface area contributed by atoms with E-state index in [0.29, 0.717) is 12.3 Å². The van der Waals surface area contributed by atoms with Crippen LogP contribution in [0.25, 0.3) is 5.78 Å². The van der Waals surface area contributed by atoms with Crippen molar-refractivity contribution < 1.29 is 14.3 Å². The lowest BCUT2D eigenvalue weighted by atomic mass is 10.4. The van der Waals surface area contributed by atoms with Gasteiger partial charge in [0.05, 0.1) is 0 Å². The summed E-state index contributed by atoms with van der Waals surface area (Å²) in [5.74, 6) is -0.909.